The summed E-state index contributed by atoms with van der Waals surface area (Å²) in [5, 5.41) is 2.92. The molecule has 1 amide bonds. The fourth-order valence-corrected chi connectivity index (χ4v) is 5.05. The Morgan fingerprint density at radius 1 is 1.10 bits per heavy atom. The lowest BCUT2D eigenvalue weighted by Gasteiger charge is -2.31. The van der Waals surface area contributed by atoms with Crippen molar-refractivity contribution in [2.75, 3.05) is 46.9 Å². The molecule has 1 fully saturated rings. The maximum absolute atomic E-state index is 13.0. The van der Waals surface area contributed by atoms with Crippen molar-refractivity contribution in [3.05, 3.63) is 59.2 Å². The Morgan fingerprint density at radius 2 is 1.84 bits per heavy atom. The van der Waals surface area contributed by atoms with Crippen molar-refractivity contribution in [3.8, 4) is 5.75 Å². The summed E-state index contributed by atoms with van der Waals surface area (Å²) in [5.41, 5.74) is 2.30. The number of aryl methyl sites for hydroxylation is 2. The van der Waals surface area contributed by atoms with Gasteiger partial charge in [-0.3, -0.25) is 4.79 Å². The van der Waals surface area contributed by atoms with Crippen molar-refractivity contribution in [1.29, 1.82) is 0 Å². The number of nitrogens with one attached hydrogen (secondary N) is 1. The monoisotopic (exact) mass is 445 g/mol. The van der Waals surface area contributed by atoms with Gasteiger partial charge in [0.05, 0.1) is 12.0 Å². The maximum atomic E-state index is 13.0. The van der Waals surface area contributed by atoms with Gasteiger partial charge in [-0.1, -0.05) is 18.2 Å². The molecule has 0 spiro atoms. The van der Waals surface area contributed by atoms with Gasteiger partial charge in [0, 0.05) is 38.3 Å². The number of hydrogen-bond acceptors (Lipinski definition) is 5. The van der Waals surface area contributed by atoms with Crippen LogP contribution in [0.4, 0.5) is 0 Å². The average molecular weight is 446 g/mol. The number of sulfonamides is 1. The number of ether oxygens (including phenoxy) is 1. The third-order valence-corrected chi connectivity index (χ3v) is 7.51. The van der Waals surface area contributed by atoms with E-state index in [-0.39, 0.29) is 10.8 Å². The molecule has 2 aromatic carbocycles. The van der Waals surface area contributed by atoms with Gasteiger partial charge in [-0.05, 0) is 62.2 Å². The molecule has 168 valence electrons. The quantitative estimate of drug-likeness (QED) is 0.631. The molecule has 31 heavy (non-hydrogen) atoms. The number of amides is 1. The lowest BCUT2D eigenvalue weighted by atomic mass is 10.1. The van der Waals surface area contributed by atoms with Gasteiger partial charge in [0.2, 0.25) is 10.0 Å². The first kappa shape index (κ1) is 23.2. The number of piperazine rings is 1. The van der Waals surface area contributed by atoms with Gasteiger partial charge < -0.3 is 15.0 Å². The first-order valence-corrected chi connectivity index (χ1v) is 12.0. The van der Waals surface area contributed by atoms with Crippen LogP contribution in [0.25, 0.3) is 0 Å². The molecule has 0 aromatic heterocycles. The van der Waals surface area contributed by atoms with Gasteiger partial charge in [-0.15, -0.1) is 0 Å². The number of carbonyl (C=O) groups excluding carboxylic acids is 1. The maximum Gasteiger partial charge on any atom is 0.251 e. The van der Waals surface area contributed by atoms with Crippen LogP contribution in [-0.2, 0) is 16.4 Å². The largest absolute Gasteiger partial charge is 0.497 e. The van der Waals surface area contributed by atoms with Crippen molar-refractivity contribution in [2.24, 2.45) is 0 Å². The second kappa shape index (κ2) is 10.3. The van der Waals surface area contributed by atoms with E-state index in [1.54, 1.807) is 19.2 Å². The fraction of sp³-hybridized carbons (Fsp3) is 0.435. The molecule has 7 nitrogen and oxygen atoms in total. The highest BCUT2D eigenvalue weighted by molar-refractivity contribution is 7.89. The van der Waals surface area contributed by atoms with E-state index >= 15 is 0 Å². The molecule has 3 rings (SSSR count). The minimum Gasteiger partial charge on any atom is -0.497 e. The molecule has 0 bridgehead atoms. The SMILES string of the molecule is COc1cccc(CCCNC(=O)c2cc(S(=O)(=O)N3CCN(C)CC3)ccc2C)c1. The third-order valence-electron chi connectivity index (χ3n) is 5.62. The van der Waals surface area contributed by atoms with Crippen LogP contribution in [0.2, 0.25) is 0 Å². The van der Waals surface area contributed by atoms with Crippen molar-refractivity contribution >= 4 is 15.9 Å². The third kappa shape index (κ3) is 5.84. The Morgan fingerprint density at radius 3 is 2.55 bits per heavy atom. The predicted octanol–water partition coefficient (Wildman–Crippen LogP) is 2.30. The molecule has 0 radical (unpaired) electrons. The molecule has 1 N–H and O–H groups in total. The standard InChI is InChI=1S/C23H31N3O4S/c1-18-9-10-21(31(28,29)26-14-12-25(2)13-15-26)17-22(18)23(27)24-11-5-7-19-6-4-8-20(16-19)30-3/h4,6,8-10,16-17H,5,7,11-15H2,1-3H3,(H,24,27). The highest BCUT2D eigenvalue weighted by atomic mass is 32.2. The van der Waals surface area contributed by atoms with E-state index < -0.39 is 10.0 Å². The highest BCUT2D eigenvalue weighted by Gasteiger charge is 2.28. The van der Waals surface area contributed by atoms with Crippen molar-refractivity contribution in [2.45, 2.75) is 24.7 Å². The fourth-order valence-electron chi connectivity index (χ4n) is 3.60. The van der Waals surface area contributed by atoms with Crippen LogP contribution in [0.1, 0.15) is 27.9 Å². The van der Waals surface area contributed by atoms with Crippen LogP contribution in [0, 0.1) is 6.92 Å². The molecule has 0 aliphatic carbocycles. The summed E-state index contributed by atoms with van der Waals surface area (Å²) in [4.78, 5) is 15.0. The van der Waals surface area contributed by atoms with Gasteiger partial charge in [-0.25, -0.2) is 8.42 Å². The molecular weight excluding hydrogens is 414 g/mol. The minimum atomic E-state index is -3.61. The first-order valence-electron chi connectivity index (χ1n) is 10.5. The minimum absolute atomic E-state index is 0.171. The Hall–Kier alpha value is -2.42. The van der Waals surface area contributed by atoms with E-state index in [4.69, 9.17) is 4.74 Å². The van der Waals surface area contributed by atoms with Gasteiger partial charge in [0.25, 0.3) is 5.91 Å². The number of likely N-dealkylation sites (N-methyl/N-ethyl adjacent to an activating group) is 1. The molecular formula is C23H31N3O4S. The summed E-state index contributed by atoms with van der Waals surface area (Å²) >= 11 is 0. The van der Waals surface area contributed by atoms with Crippen LogP contribution in [-0.4, -0.2) is 70.4 Å². The summed E-state index contributed by atoms with van der Waals surface area (Å²) in [6.45, 7) is 4.64. The summed E-state index contributed by atoms with van der Waals surface area (Å²) in [5.74, 6) is 0.564. The summed E-state index contributed by atoms with van der Waals surface area (Å²) in [7, 11) is 0.00608. The van der Waals surface area contributed by atoms with E-state index in [2.05, 4.69) is 10.2 Å². The summed E-state index contributed by atoms with van der Waals surface area (Å²) in [6.07, 6.45) is 1.59. The number of carbonyl (C=O) groups is 1. The Bertz CT molecular complexity index is 1020. The zero-order valence-corrected chi connectivity index (χ0v) is 19.2. The van der Waals surface area contributed by atoms with Crippen LogP contribution in [0.5, 0.6) is 5.75 Å². The topological polar surface area (TPSA) is 78.9 Å². The number of hydrogen-bond donors (Lipinski definition) is 1. The van der Waals surface area contributed by atoms with Gasteiger partial charge in [0.1, 0.15) is 5.75 Å². The smallest absolute Gasteiger partial charge is 0.251 e. The van der Waals surface area contributed by atoms with E-state index in [0.29, 0.717) is 38.3 Å². The van der Waals surface area contributed by atoms with Gasteiger partial charge in [0.15, 0.2) is 0 Å². The lowest BCUT2D eigenvalue weighted by molar-refractivity contribution is 0.0952. The molecule has 1 saturated heterocycles. The molecule has 1 heterocycles. The second-order valence-corrected chi connectivity index (χ2v) is 9.83. The van der Waals surface area contributed by atoms with Crippen molar-refractivity contribution < 1.29 is 17.9 Å². The van der Waals surface area contributed by atoms with Gasteiger partial charge >= 0.3 is 0 Å². The van der Waals surface area contributed by atoms with Crippen molar-refractivity contribution in [3.63, 3.8) is 0 Å². The predicted molar refractivity (Wildman–Crippen MR) is 121 cm³/mol. The summed E-state index contributed by atoms with van der Waals surface area (Å²) < 4.78 is 32.8. The van der Waals surface area contributed by atoms with Crippen LogP contribution in [0.15, 0.2) is 47.4 Å². The second-order valence-electron chi connectivity index (χ2n) is 7.90. The van der Waals surface area contributed by atoms with Crippen LogP contribution in [0.3, 0.4) is 0 Å². The number of benzene rings is 2. The first-order chi connectivity index (χ1) is 14.8. The average Bonchev–Trinajstić information content (AvgIpc) is 2.77. The van der Waals surface area contributed by atoms with Crippen LogP contribution >= 0.6 is 0 Å². The molecule has 1 aliphatic heterocycles. The Kier molecular flexibility index (Phi) is 7.69. The molecule has 8 heteroatoms. The number of nitrogens with zero attached hydrogens (tertiary/aromatic N) is 2. The zero-order valence-electron chi connectivity index (χ0n) is 18.4. The number of rotatable bonds is 8. The molecule has 1 aliphatic rings. The van der Waals surface area contributed by atoms with E-state index in [1.165, 1.54) is 10.4 Å². The zero-order chi connectivity index (χ0) is 22.4. The molecule has 0 saturated carbocycles. The van der Waals surface area contributed by atoms with Gasteiger partial charge in [-0.2, -0.15) is 4.31 Å². The Labute approximate surface area is 185 Å². The molecule has 0 atom stereocenters. The molecule has 2 aromatic rings. The van der Waals surface area contributed by atoms with Crippen LogP contribution < -0.4 is 10.1 Å². The normalized spacial score (nSPS) is 15.6. The Balaban J connectivity index is 1.62. The van der Waals surface area contributed by atoms with E-state index in [0.717, 1.165) is 29.7 Å². The lowest BCUT2D eigenvalue weighted by Crippen LogP contribution is -2.47. The highest BCUT2D eigenvalue weighted by Crippen LogP contribution is 2.21. The van der Waals surface area contributed by atoms with E-state index in [1.807, 2.05) is 38.2 Å². The van der Waals surface area contributed by atoms with Crippen molar-refractivity contribution in [1.82, 2.24) is 14.5 Å². The summed E-state index contributed by atoms with van der Waals surface area (Å²) in [6, 6.07) is 12.6. The van der Waals surface area contributed by atoms with E-state index in [9.17, 15) is 13.2 Å². The number of methoxy groups -OCH3 is 1. The molecule has 0 unspecified atom stereocenters.